The van der Waals surface area contributed by atoms with Gasteiger partial charge in [0, 0.05) is 26.1 Å². The molecule has 0 bridgehead atoms. The first-order chi connectivity index (χ1) is 8.31. The number of likely N-dealkylation sites (tertiary alicyclic amines) is 1. The smallest absolute Gasteiger partial charge is 0.224 e. The first kappa shape index (κ1) is 11.8. The second kappa shape index (κ2) is 5.61. The highest BCUT2D eigenvalue weighted by Crippen LogP contribution is 2.10. The molecule has 0 spiro atoms. The summed E-state index contributed by atoms with van der Waals surface area (Å²) >= 11 is 0. The number of aryl methyl sites for hydroxylation is 1. The van der Waals surface area contributed by atoms with E-state index in [0.717, 1.165) is 32.2 Å². The van der Waals surface area contributed by atoms with Crippen molar-refractivity contribution in [2.45, 2.75) is 32.2 Å². The highest BCUT2D eigenvalue weighted by Gasteiger charge is 2.16. The van der Waals surface area contributed by atoms with Gasteiger partial charge in [0.15, 0.2) is 6.29 Å². The molecule has 2 heterocycles. The maximum Gasteiger partial charge on any atom is 0.224 e. The topological polar surface area (TPSA) is 55.2 Å². The van der Waals surface area contributed by atoms with Gasteiger partial charge in [-0.15, -0.1) is 0 Å². The van der Waals surface area contributed by atoms with Crippen LogP contribution in [0.15, 0.2) is 12.5 Å². The zero-order valence-corrected chi connectivity index (χ0v) is 9.84. The van der Waals surface area contributed by atoms with E-state index in [1.807, 2.05) is 4.90 Å². The van der Waals surface area contributed by atoms with Crippen LogP contribution >= 0.6 is 0 Å². The Bertz CT molecular complexity index is 394. The van der Waals surface area contributed by atoms with E-state index in [0.29, 0.717) is 18.7 Å². The Labute approximate surface area is 100 Å². The minimum atomic E-state index is 0.176. The van der Waals surface area contributed by atoms with Gasteiger partial charge in [-0.2, -0.15) is 0 Å². The number of carbonyl (C=O) groups excluding carboxylic acids is 2. The normalized spacial score (nSPS) is 15.9. The molecule has 92 valence electrons. The van der Waals surface area contributed by atoms with Crippen molar-refractivity contribution in [1.29, 1.82) is 0 Å². The van der Waals surface area contributed by atoms with Gasteiger partial charge < -0.3 is 9.47 Å². The first-order valence-electron chi connectivity index (χ1n) is 6.04. The van der Waals surface area contributed by atoms with Crippen molar-refractivity contribution in [2.75, 3.05) is 13.1 Å². The Kier molecular flexibility index (Phi) is 3.90. The summed E-state index contributed by atoms with van der Waals surface area (Å²) in [6, 6.07) is 0. The maximum absolute atomic E-state index is 11.9. The van der Waals surface area contributed by atoms with Crippen molar-refractivity contribution >= 4 is 12.2 Å². The van der Waals surface area contributed by atoms with Crippen molar-refractivity contribution in [3.05, 3.63) is 18.2 Å². The van der Waals surface area contributed by atoms with Crippen LogP contribution in [0.2, 0.25) is 0 Å². The van der Waals surface area contributed by atoms with Gasteiger partial charge in [0.2, 0.25) is 5.91 Å². The summed E-state index contributed by atoms with van der Waals surface area (Å²) < 4.78 is 1.72. The second-order valence-corrected chi connectivity index (χ2v) is 4.32. The van der Waals surface area contributed by atoms with E-state index in [1.54, 1.807) is 10.9 Å². The van der Waals surface area contributed by atoms with Crippen LogP contribution in [0.25, 0.3) is 0 Å². The molecular weight excluding hydrogens is 218 g/mol. The molecule has 5 nitrogen and oxygen atoms in total. The third-order valence-electron chi connectivity index (χ3n) is 3.14. The van der Waals surface area contributed by atoms with E-state index in [1.165, 1.54) is 12.6 Å². The molecule has 0 unspecified atom stereocenters. The van der Waals surface area contributed by atoms with Crippen LogP contribution in [0, 0.1) is 0 Å². The Morgan fingerprint density at radius 1 is 1.35 bits per heavy atom. The molecule has 2 rings (SSSR count). The largest absolute Gasteiger partial charge is 0.343 e. The van der Waals surface area contributed by atoms with Crippen molar-refractivity contribution in [3.8, 4) is 0 Å². The van der Waals surface area contributed by atoms with Gasteiger partial charge in [-0.1, -0.05) is 0 Å². The van der Waals surface area contributed by atoms with Gasteiger partial charge in [-0.25, -0.2) is 4.98 Å². The van der Waals surface area contributed by atoms with Crippen molar-refractivity contribution in [1.82, 2.24) is 14.5 Å². The minimum Gasteiger partial charge on any atom is -0.343 e. The van der Waals surface area contributed by atoms with Gasteiger partial charge in [-0.05, 0) is 19.3 Å². The number of hydrogen-bond donors (Lipinski definition) is 0. The maximum atomic E-state index is 11.9. The molecule has 17 heavy (non-hydrogen) atoms. The van der Waals surface area contributed by atoms with Gasteiger partial charge in [0.25, 0.3) is 0 Å². The molecule has 0 N–H and O–H groups in total. The zero-order valence-electron chi connectivity index (χ0n) is 9.84. The fraction of sp³-hybridized carbons (Fsp3) is 0.583. The molecule has 0 radical (unpaired) electrons. The third-order valence-corrected chi connectivity index (χ3v) is 3.14. The molecule has 0 atom stereocenters. The molecule has 1 saturated heterocycles. The fourth-order valence-electron chi connectivity index (χ4n) is 2.13. The molecule has 0 saturated carbocycles. The van der Waals surface area contributed by atoms with Crippen LogP contribution in [-0.2, 0) is 11.3 Å². The number of aromatic nitrogens is 2. The average molecular weight is 235 g/mol. The van der Waals surface area contributed by atoms with Gasteiger partial charge >= 0.3 is 0 Å². The van der Waals surface area contributed by atoms with Gasteiger partial charge in [0.05, 0.1) is 12.5 Å². The lowest BCUT2D eigenvalue weighted by atomic mass is 10.1. The Morgan fingerprint density at radius 2 is 2.12 bits per heavy atom. The van der Waals surface area contributed by atoms with E-state index in [4.69, 9.17) is 0 Å². The Hall–Kier alpha value is -1.65. The highest BCUT2D eigenvalue weighted by atomic mass is 16.2. The molecule has 1 aromatic rings. The standard InChI is InChI=1S/C12H17N3O2/c16-9-11-8-13-10-15(11)7-4-12(17)14-5-2-1-3-6-14/h8-10H,1-7H2. The molecular formula is C12H17N3O2. The number of aldehydes is 1. The van der Waals surface area contributed by atoms with E-state index in [2.05, 4.69) is 4.98 Å². The SMILES string of the molecule is O=Cc1cncn1CCC(=O)N1CCCCC1. The van der Waals surface area contributed by atoms with Crippen LogP contribution in [-0.4, -0.2) is 39.7 Å². The molecule has 5 heteroatoms. The molecule has 1 aromatic heterocycles. The number of carbonyl (C=O) groups is 2. The molecule has 1 aliphatic heterocycles. The number of nitrogens with zero attached hydrogens (tertiary/aromatic N) is 3. The lowest BCUT2D eigenvalue weighted by Crippen LogP contribution is -2.36. The van der Waals surface area contributed by atoms with Crippen molar-refractivity contribution in [3.63, 3.8) is 0 Å². The van der Waals surface area contributed by atoms with E-state index < -0.39 is 0 Å². The first-order valence-corrected chi connectivity index (χ1v) is 6.04. The summed E-state index contributed by atoms with van der Waals surface area (Å²) in [5.41, 5.74) is 0.524. The molecule has 0 aliphatic carbocycles. The predicted octanol–water partition coefficient (Wildman–Crippen LogP) is 1.10. The third kappa shape index (κ3) is 2.93. The quantitative estimate of drug-likeness (QED) is 0.734. The molecule has 1 amide bonds. The summed E-state index contributed by atoms with van der Waals surface area (Å²) in [5, 5.41) is 0. The summed E-state index contributed by atoms with van der Waals surface area (Å²) in [6.07, 6.45) is 7.74. The second-order valence-electron chi connectivity index (χ2n) is 4.32. The van der Waals surface area contributed by atoms with Crippen LogP contribution in [0.3, 0.4) is 0 Å². The predicted molar refractivity (Wildman–Crippen MR) is 62.7 cm³/mol. The number of rotatable bonds is 4. The van der Waals surface area contributed by atoms with Gasteiger partial charge in [-0.3, -0.25) is 9.59 Å². The number of amides is 1. The lowest BCUT2D eigenvalue weighted by molar-refractivity contribution is -0.132. The molecule has 1 fully saturated rings. The summed E-state index contributed by atoms with van der Waals surface area (Å²) in [6.45, 7) is 2.29. The highest BCUT2D eigenvalue weighted by molar-refractivity contribution is 5.76. The van der Waals surface area contributed by atoms with Crippen LogP contribution in [0.1, 0.15) is 36.2 Å². The Morgan fingerprint density at radius 3 is 2.82 bits per heavy atom. The molecule has 1 aliphatic rings. The zero-order chi connectivity index (χ0) is 12.1. The van der Waals surface area contributed by atoms with E-state index in [-0.39, 0.29) is 5.91 Å². The van der Waals surface area contributed by atoms with Crippen molar-refractivity contribution in [2.24, 2.45) is 0 Å². The van der Waals surface area contributed by atoms with Gasteiger partial charge in [0.1, 0.15) is 5.69 Å². The lowest BCUT2D eigenvalue weighted by Gasteiger charge is -2.26. The van der Waals surface area contributed by atoms with Crippen molar-refractivity contribution < 1.29 is 9.59 Å². The summed E-state index contributed by atoms with van der Waals surface area (Å²) in [4.78, 5) is 28.4. The monoisotopic (exact) mass is 235 g/mol. The number of imidazole rings is 1. The average Bonchev–Trinajstić information content (AvgIpc) is 2.84. The van der Waals surface area contributed by atoms with Crippen LogP contribution in [0.4, 0.5) is 0 Å². The minimum absolute atomic E-state index is 0.176. The fourth-order valence-corrected chi connectivity index (χ4v) is 2.13. The molecule has 0 aromatic carbocycles. The Balaban J connectivity index is 1.85. The summed E-state index contributed by atoms with van der Waals surface area (Å²) in [7, 11) is 0. The van der Waals surface area contributed by atoms with E-state index >= 15 is 0 Å². The number of hydrogen-bond acceptors (Lipinski definition) is 3. The van der Waals surface area contributed by atoms with E-state index in [9.17, 15) is 9.59 Å². The van der Waals surface area contributed by atoms with Crippen LogP contribution < -0.4 is 0 Å². The summed E-state index contributed by atoms with van der Waals surface area (Å²) in [5.74, 6) is 0.176. The number of piperidine rings is 1. The van der Waals surface area contributed by atoms with Crippen LogP contribution in [0.5, 0.6) is 0 Å².